The minimum Gasteiger partial charge on any atom is -0.493 e. The molecule has 0 N–H and O–H groups in total. The van der Waals surface area contributed by atoms with Gasteiger partial charge in [-0.25, -0.2) is 0 Å². The van der Waals surface area contributed by atoms with Crippen molar-refractivity contribution in [2.24, 2.45) is 0 Å². The van der Waals surface area contributed by atoms with Gasteiger partial charge in [0.2, 0.25) is 5.75 Å². The average molecular weight is 685 g/mol. The first kappa shape index (κ1) is 36.9. The summed E-state index contributed by atoms with van der Waals surface area (Å²) in [5, 5.41) is 0. The first-order valence-corrected chi connectivity index (χ1v) is 16.9. The number of ether oxygens (including phenoxy) is 9. The lowest BCUT2D eigenvalue weighted by Crippen LogP contribution is -2.62. The molecule has 0 saturated carbocycles. The molecule has 4 aromatic rings. The molecule has 50 heavy (non-hydrogen) atoms. The topological polar surface area (TPSA) is 83.1 Å². The maximum atomic E-state index is 6.80. The molecule has 0 aromatic heterocycles. The molecule has 0 spiro atoms. The fourth-order valence-electron chi connectivity index (χ4n) is 5.77. The molecule has 1 saturated heterocycles. The zero-order valence-corrected chi connectivity index (χ0v) is 29.1. The van der Waals surface area contributed by atoms with Crippen molar-refractivity contribution >= 4 is 0 Å². The van der Waals surface area contributed by atoms with Gasteiger partial charge in [-0.3, -0.25) is 0 Å². The average Bonchev–Trinajstić information content (AvgIpc) is 3.16. The first-order chi connectivity index (χ1) is 24.6. The highest BCUT2D eigenvalue weighted by atomic mass is 16.7. The molecule has 5 atom stereocenters. The van der Waals surface area contributed by atoms with Crippen LogP contribution >= 0.6 is 0 Å². The number of benzene rings is 4. The van der Waals surface area contributed by atoms with Crippen LogP contribution in [0.5, 0.6) is 23.0 Å². The third-order valence-electron chi connectivity index (χ3n) is 8.30. The van der Waals surface area contributed by atoms with E-state index in [4.69, 9.17) is 42.6 Å². The van der Waals surface area contributed by atoms with Crippen LogP contribution in [-0.2, 0) is 43.5 Å². The monoisotopic (exact) mass is 684 g/mol. The molecule has 0 aliphatic carbocycles. The summed E-state index contributed by atoms with van der Waals surface area (Å²) in [6, 6.07) is 33.6. The Kier molecular flexibility index (Phi) is 14.5. The van der Waals surface area contributed by atoms with E-state index in [0.29, 0.717) is 49.4 Å². The van der Waals surface area contributed by atoms with Crippen molar-refractivity contribution in [2.45, 2.75) is 63.4 Å². The maximum absolute atomic E-state index is 6.80. The predicted octanol–water partition coefficient (Wildman–Crippen LogP) is 7.56. The highest BCUT2D eigenvalue weighted by Crippen LogP contribution is 2.42. The summed E-state index contributed by atoms with van der Waals surface area (Å²) >= 11 is 0. The van der Waals surface area contributed by atoms with Crippen molar-refractivity contribution in [1.29, 1.82) is 0 Å². The second-order valence-electron chi connectivity index (χ2n) is 11.8. The zero-order chi connectivity index (χ0) is 35.0. The van der Waals surface area contributed by atoms with Crippen LogP contribution in [0.2, 0.25) is 0 Å². The molecule has 1 fully saturated rings. The lowest BCUT2D eigenvalue weighted by atomic mass is 9.97. The summed E-state index contributed by atoms with van der Waals surface area (Å²) < 4.78 is 56.6. The van der Waals surface area contributed by atoms with Crippen molar-refractivity contribution in [3.63, 3.8) is 0 Å². The number of rotatable bonds is 20. The van der Waals surface area contributed by atoms with Crippen LogP contribution < -0.4 is 18.9 Å². The molecule has 9 nitrogen and oxygen atoms in total. The van der Waals surface area contributed by atoms with Gasteiger partial charge in [0.25, 0.3) is 0 Å². The van der Waals surface area contributed by atoms with Crippen LogP contribution in [0.1, 0.15) is 29.5 Å². The normalized spacial score (nSPS) is 20.2. The van der Waals surface area contributed by atoms with Gasteiger partial charge in [0, 0.05) is 12.1 Å². The third-order valence-corrected chi connectivity index (χ3v) is 8.30. The summed E-state index contributed by atoms with van der Waals surface area (Å²) in [6.07, 6.45) is 0.0281. The van der Waals surface area contributed by atoms with Gasteiger partial charge in [-0.2, -0.15) is 0 Å². The SMILES string of the molecule is C=CCCCO[C@H]1O[C@H](COCc2ccccc2)[C@@H](OCc2ccccc2)[C@H](OCc2ccccc2)[C@@H]1Oc1cc(OC)c(OC)c(OC)c1. The van der Waals surface area contributed by atoms with Crippen LogP contribution in [0.15, 0.2) is 116 Å². The van der Waals surface area contributed by atoms with E-state index in [0.717, 1.165) is 29.5 Å². The third kappa shape index (κ3) is 10.3. The van der Waals surface area contributed by atoms with E-state index >= 15 is 0 Å². The Morgan fingerprint density at radius 1 is 0.640 bits per heavy atom. The van der Waals surface area contributed by atoms with Crippen LogP contribution in [0.3, 0.4) is 0 Å². The van der Waals surface area contributed by atoms with Gasteiger partial charge in [-0.1, -0.05) is 97.1 Å². The number of allylic oxidation sites excluding steroid dienone is 1. The Balaban J connectivity index is 1.51. The van der Waals surface area contributed by atoms with E-state index in [2.05, 4.69) is 6.58 Å². The zero-order valence-electron chi connectivity index (χ0n) is 29.1. The standard InChI is InChI=1S/C41H48O9/c1-5-6-16-23-46-41-40(49-33-24-34(42-2)37(44-4)35(25-33)43-3)39(48-28-32-21-14-9-15-22-32)38(47-27-31-19-12-8-13-20-31)36(50-41)29-45-26-30-17-10-7-11-18-30/h5,7-15,17-22,24-25,36,38-41H,1,6,16,23,26-29H2,2-4H3/t36-,38-,39+,40+,41+/m1/s1. The molecule has 4 aromatic carbocycles. The molecule has 0 unspecified atom stereocenters. The molecule has 1 heterocycles. The van der Waals surface area contributed by atoms with E-state index in [1.165, 1.54) is 0 Å². The Morgan fingerprint density at radius 2 is 1.18 bits per heavy atom. The highest BCUT2D eigenvalue weighted by Gasteiger charge is 2.50. The molecule has 0 radical (unpaired) electrons. The Hall–Kier alpha value is -4.38. The van der Waals surface area contributed by atoms with Gasteiger partial charge >= 0.3 is 0 Å². The number of methoxy groups -OCH3 is 3. The molecular weight excluding hydrogens is 636 g/mol. The fraction of sp³-hybridized carbons (Fsp3) is 0.366. The van der Waals surface area contributed by atoms with Gasteiger partial charge in [-0.15, -0.1) is 6.58 Å². The lowest BCUT2D eigenvalue weighted by Gasteiger charge is -2.45. The highest BCUT2D eigenvalue weighted by molar-refractivity contribution is 5.56. The molecule has 5 rings (SSSR count). The van der Waals surface area contributed by atoms with Crippen molar-refractivity contribution in [1.82, 2.24) is 0 Å². The van der Waals surface area contributed by atoms with E-state index in [1.54, 1.807) is 33.5 Å². The number of hydrogen-bond donors (Lipinski definition) is 0. The van der Waals surface area contributed by atoms with Crippen LogP contribution in [0.4, 0.5) is 0 Å². The van der Waals surface area contributed by atoms with Gasteiger partial charge in [0.15, 0.2) is 23.9 Å². The molecular formula is C41H48O9. The summed E-state index contributed by atoms with van der Waals surface area (Å²) in [5.41, 5.74) is 3.08. The second kappa shape index (κ2) is 19.7. The molecule has 0 amide bonds. The van der Waals surface area contributed by atoms with Crippen LogP contribution in [0, 0.1) is 0 Å². The summed E-state index contributed by atoms with van der Waals surface area (Å²) in [5.74, 6) is 1.82. The molecule has 9 heteroatoms. The first-order valence-electron chi connectivity index (χ1n) is 16.9. The summed E-state index contributed by atoms with van der Waals surface area (Å²) in [7, 11) is 4.69. The largest absolute Gasteiger partial charge is 0.493 e. The molecule has 0 bridgehead atoms. The maximum Gasteiger partial charge on any atom is 0.203 e. The van der Waals surface area contributed by atoms with Crippen molar-refractivity contribution in [3.05, 3.63) is 132 Å². The molecule has 1 aliphatic rings. The van der Waals surface area contributed by atoms with Gasteiger partial charge in [0.05, 0.1) is 54.4 Å². The van der Waals surface area contributed by atoms with Gasteiger partial charge in [0.1, 0.15) is 24.1 Å². The number of hydrogen-bond acceptors (Lipinski definition) is 9. The van der Waals surface area contributed by atoms with Crippen LogP contribution in [-0.4, -0.2) is 65.2 Å². The minimum absolute atomic E-state index is 0.239. The second-order valence-corrected chi connectivity index (χ2v) is 11.8. The van der Waals surface area contributed by atoms with E-state index in [9.17, 15) is 0 Å². The Morgan fingerprint density at radius 3 is 1.70 bits per heavy atom. The lowest BCUT2D eigenvalue weighted by molar-refractivity contribution is -0.313. The molecule has 1 aliphatic heterocycles. The molecule has 266 valence electrons. The van der Waals surface area contributed by atoms with Crippen LogP contribution in [0.25, 0.3) is 0 Å². The van der Waals surface area contributed by atoms with Gasteiger partial charge in [-0.05, 0) is 29.5 Å². The summed E-state index contributed by atoms with van der Waals surface area (Å²) in [6.45, 7) is 5.57. The van der Waals surface area contributed by atoms with E-state index < -0.39 is 30.7 Å². The van der Waals surface area contributed by atoms with Crippen molar-refractivity contribution in [2.75, 3.05) is 34.5 Å². The predicted molar refractivity (Wildman–Crippen MR) is 191 cm³/mol. The van der Waals surface area contributed by atoms with E-state index in [1.807, 2.05) is 97.1 Å². The van der Waals surface area contributed by atoms with E-state index in [-0.39, 0.29) is 6.61 Å². The quantitative estimate of drug-likeness (QED) is 0.0692. The van der Waals surface area contributed by atoms with Crippen molar-refractivity contribution < 1.29 is 42.6 Å². The minimum atomic E-state index is -0.832. The van der Waals surface area contributed by atoms with Crippen molar-refractivity contribution in [3.8, 4) is 23.0 Å². The van der Waals surface area contributed by atoms with Gasteiger partial charge < -0.3 is 42.6 Å². The Labute approximate surface area is 295 Å². The fourth-order valence-corrected chi connectivity index (χ4v) is 5.77. The summed E-state index contributed by atoms with van der Waals surface area (Å²) in [4.78, 5) is 0. The smallest absolute Gasteiger partial charge is 0.203 e. The Bertz CT molecular complexity index is 1530. The number of unbranched alkanes of at least 4 members (excludes halogenated alkanes) is 1.